The van der Waals surface area contributed by atoms with Crippen LogP contribution in [0.2, 0.25) is 0 Å². The van der Waals surface area contributed by atoms with Crippen molar-refractivity contribution >= 4 is 24.4 Å². The fraction of sp³-hybridized carbons (Fsp3) is 0.750. The zero-order chi connectivity index (χ0) is 9.68. The van der Waals surface area contributed by atoms with Gasteiger partial charge in [0.05, 0.1) is 5.75 Å². The molecular formula is C8H14N2O2S. The summed E-state index contributed by atoms with van der Waals surface area (Å²) in [5.74, 6) is 0.211. The molecule has 5 heteroatoms. The largest absolute Gasteiger partial charge is 0.356 e. The van der Waals surface area contributed by atoms with Gasteiger partial charge in [-0.25, -0.2) is 0 Å². The Kier molecular flexibility index (Phi) is 4.08. The van der Waals surface area contributed by atoms with Crippen LogP contribution in [0.5, 0.6) is 0 Å². The summed E-state index contributed by atoms with van der Waals surface area (Å²) in [4.78, 5) is 21.9. The zero-order valence-corrected chi connectivity index (χ0v) is 8.27. The lowest BCUT2D eigenvalue weighted by atomic mass is 10.1. The van der Waals surface area contributed by atoms with Crippen LogP contribution >= 0.6 is 12.6 Å². The van der Waals surface area contributed by atoms with E-state index in [1.807, 2.05) is 0 Å². The molecule has 0 bridgehead atoms. The number of thiol groups is 1. The van der Waals surface area contributed by atoms with Gasteiger partial charge in [-0.3, -0.25) is 9.59 Å². The molecule has 0 aliphatic carbocycles. The van der Waals surface area contributed by atoms with Crippen molar-refractivity contribution in [3.8, 4) is 0 Å². The fourth-order valence-electron chi connectivity index (χ4n) is 1.34. The van der Waals surface area contributed by atoms with Gasteiger partial charge in [-0.2, -0.15) is 12.6 Å². The van der Waals surface area contributed by atoms with E-state index in [1.165, 1.54) is 0 Å². The summed E-state index contributed by atoms with van der Waals surface area (Å²) in [6, 6.07) is 0.124. The Morgan fingerprint density at radius 2 is 2.38 bits per heavy atom. The van der Waals surface area contributed by atoms with Gasteiger partial charge < -0.3 is 10.6 Å². The molecule has 74 valence electrons. The predicted octanol–water partition coefficient (Wildman–Crippen LogP) is -0.299. The van der Waals surface area contributed by atoms with Gasteiger partial charge in [0, 0.05) is 19.0 Å². The maximum absolute atomic E-state index is 11.0. The molecule has 1 fully saturated rings. The number of carbonyl (C=O) groups excluding carboxylic acids is 2. The molecule has 13 heavy (non-hydrogen) atoms. The molecule has 0 radical (unpaired) electrons. The van der Waals surface area contributed by atoms with E-state index in [1.54, 1.807) is 0 Å². The molecule has 1 aliphatic rings. The summed E-state index contributed by atoms with van der Waals surface area (Å²) >= 11 is 3.87. The Bertz CT molecular complexity index is 208. The molecule has 2 amide bonds. The second-order valence-electron chi connectivity index (χ2n) is 3.10. The van der Waals surface area contributed by atoms with E-state index in [4.69, 9.17) is 0 Å². The molecular weight excluding hydrogens is 188 g/mol. The van der Waals surface area contributed by atoms with Gasteiger partial charge in [0.2, 0.25) is 11.8 Å². The molecule has 1 unspecified atom stereocenters. The van der Waals surface area contributed by atoms with Gasteiger partial charge in [-0.05, 0) is 12.8 Å². The van der Waals surface area contributed by atoms with Crippen LogP contribution in [0.15, 0.2) is 0 Å². The summed E-state index contributed by atoms with van der Waals surface area (Å²) in [7, 11) is 0. The molecule has 4 nitrogen and oxygen atoms in total. The first-order chi connectivity index (χ1) is 6.22. The van der Waals surface area contributed by atoms with E-state index in [9.17, 15) is 9.59 Å². The molecule has 0 aromatic heterocycles. The average Bonchev–Trinajstić information content (AvgIpc) is 2.31. The quantitative estimate of drug-likeness (QED) is 0.539. The lowest BCUT2D eigenvalue weighted by Crippen LogP contribution is -2.36. The van der Waals surface area contributed by atoms with Crippen molar-refractivity contribution in [1.82, 2.24) is 10.6 Å². The van der Waals surface area contributed by atoms with Crippen LogP contribution in [0, 0.1) is 0 Å². The molecule has 0 aromatic rings. The third-order valence-corrected chi connectivity index (χ3v) is 2.33. The summed E-state index contributed by atoms with van der Waals surface area (Å²) in [5, 5.41) is 5.58. The van der Waals surface area contributed by atoms with Gasteiger partial charge in [0.25, 0.3) is 0 Å². The molecule has 1 heterocycles. The number of carbonyl (C=O) groups is 2. The molecule has 1 aliphatic heterocycles. The minimum absolute atomic E-state index is 0.0670. The molecule has 0 aromatic carbocycles. The highest BCUT2D eigenvalue weighted by molar-refractivity contribution is 7.81. The number of hydrogen-bond donors (Lipinski definition) is 3. The zero-order valence-electron chi connectivity index (χ0n) is 7.38. The first-order valence-electron chi connectivity index (χ1n) is 4.39. The van der Waals surface area contributed by atoms with Crippen LogP contribution in [-0.4, -0.2) is 30.2 Å². The number of rotatable bonds is 2. The summed E-state index contributed by atoms with van der Waals surface area (Å²) in [6.45, 7) is 0.649. The minimum Gasteiger partial charge on any atom is -0.356 e. The Morgan fingerprint density at radius 3 is 3.08 bits per heavy atom. The van der Waals surface area contributed by atoms with Crippen molar-refractivity contribution in [3.05, 3.63) is 0 Å². The predicted molar refractivity (Wildman–Crippen MR) is 52.6 cm³/mol. The van der Waals surface area contributed by atoms with Crippen molar-refractivity contribution in [2.75, 3.05) is 12.3 Å². The molecule has 1 rings (SSSR count). The van der Waals surface area contributed by atoms with E-state index in [-0.39, 0.29) is 23.6 Å². The summed E-state index contributed by atoms with van der Waals surface area (Å²) in [6.07, 6.45) is 2.04. The molecule has 0 saturated carbocycles. The lowest BCUT2D eigenvalue weighted by molar-refractivity contribution is -0.121. The van der Waals surface area contributed by atoms with E-state index in [2.05, 4.69) is 23.3 Å². The van der Waals surface area contributed by atoms with Crippen LogP contribution in [-0.2, 0) is 9.59 Å². The van der Waals surface area contributed by atoms with Crippen molar-refractivity contribution in [1.29, 1.82) is 0 Å². The first-order valence-corrected chi connectivity index (χ1v) is 5.02. The van der Waals surface area contributed by atoms with E-state index >= 15 is 0 Å². The second kappa shape index (κ2) is 5.11. The maximum atomic E-state index is 11.0. The Balaban J connectivity index is 2.33. The number of nitrogens with one attached hydrogen (secondary N) is 2. The normalized spacial score (nSPS) is 23.2. The van der Waals surface area contributed by atoms with Crippen molar-refractivity contribution in [3.63, 3.8) is 0 Å². The Morgan fingerprint density at radius 1 is 1.62 bits per heavy atom. The van der Waals surface area contributed by atoms with Gasteiger partial charge in [0.1, 0.15) is 0 Å². The Hall–Kier alpha value is -0.710. The smallest absolute Gasteiger partial charge is 0.229 e. The topological polar surface area (TPSA) is 58.2 Å². The van der Waals surface area contributed by atoms with E-state index < -0.39 is 0 Å². The van der Waals surface area contributed by atoms with Gasteiger partial charge >= 0.3 is 0 Å². The number of hydrogen-bond acceptors (Lipinski definition) is 3. The molecule has 0 spiro atoms. The lowest BCUT2D eigenvalue weighted by Gasteiger charge is -2.14. The van der Waals surface area contributed by atoms with Gasteiger partial charge in [0.15, 0.2) is 0 Å². The van der Waals surface area contributed by atoms with Gasteiger partial charge in [-0.1, -0.05) is 0 Å². The van der Waals surface area contributed by atoms with E-state index in [0.29, 0.717) is 13.0 Å². The van der Waals surface area contributed by atoms with Crippen molar-refractivity contribution < 1.29 is 9.59 Å². The second-order valence-corrected chi connectivity index (χ2v) is 3.42. The fourth-order valence-corrected chi connectivity index (χ4v) is 1.43. The molecule has 1 atom stereocenters. The van der Waals surface area contributed by atoms with Crippen LogP contribution in [0.3, 0.4) is 0 Å². The molecule has 1 saturated heterocycles. The minimum atomic E-state index is -0.0670. The van der Waals surface area contributed by atoms with Crippen molar-refractivity contribution in [2.45, 2.75) is 25.3 Å². The highest BCUT2D eigenvalue weighted by Crippen LogP contribution is 2.05. The van der Waals surface area contributed by atoms with Gasteiger partial charge in [-0.15, -0.1) is 0 Å². The van der Waals surface area contributed by atoms with Crippen molar-refractivity contribution in [2.24, 2.45) is 0 Å². The van der Waals surface area contributed by atoms with Crippen LogP contribution in [0.4, 0.5) is 0 Å². The van der Waals surface area contributed by atoms with Crippen LogP contribution < -0.4 is 10.6 Å². The third kappa shape index (κ3) is 3.67. The standard InChI is InChI=1S/C8H14N2O2S/c11-7-2-1-6(3-4-9-7)10-8(12)5-13/h6,13H,1-5H2,(H,9,11)(H,10,12). The Labute approximate surface area is 82.9 Å². The third-order valence-electron chi connectivity index (χ3n) is 2.04. The highest BCUT2D eigenvalue weighted by atomic mass is 32.1. The maximum Gasteiger partial charge on any atom is 0.229 e. The highest BCUT2D eigenvalue weighted by Gasteiger charge is 2.16. The average molecular weight is 202 g/mol. The van der Waals surface area contributed by atoms with E-state index in [0.717, 1.165) is 12.8 Å². The summed E-state index contributed by atoms with van der Waals surface area (Å²) < 4.78 is 0. The SMILES string of the molecule is O=C1CCC(NC(=O)CS)CCN1. The van der Waals surface area contributed by atoms with Crippen LogP contribution in [0.1, 0.15) is 19.3 Å². The number of amides is 2. The first kappa shape index (κ1) is 10.4. The van der Waals surface area contributed by atoms with Crippen LogP contribution in [0.25, 0.3) is 0 Å². The molecule has 2 N–H and O–H groups in total. The summed E-state index contributed by atoms with van der Waals surface area (Å²) in [5.41, 5.74) is 0. The monoisotopic (exact) mass is 202 g/mol.